The Labute approximate surface area is 120 Å². The highest BCUT2D eigenvalue weighted by Crippen LogP contribution is 2.40. The number of pyridine rings is 1. The molecule has 2 aliphatic rings. The van der Waals surface area contributed by atoms with Crippen LogP contribution in [0.4, 0.5) is 0 Å². The Balaban J connectivity index is 1.44. The van der Waals surface area contributed by atoms with E-state index in [2.05, 4.69) is 22.4 Å². The van der Waals surface area contributed by atoms with Gasteiger partial charge in [0, 0.05) is 31.1 Å². The molecule has 2 fully saturated rings. The van der Waals surface area contributed by atoms with Crippen molar-refractivity contribution >= 4 is 0 Å². The van der Waals surface area contributed by atoms with Crippen LogP contribution in [0.25, 0.3) is 0 Å². The molecule has 1 N–H and O–H groups in total. The summed E-state index contributed by atoms with van der Waals surface area (Å²) < 4.78 is 11.4. The molecular formula is C16H24N2O2. The minimum absolute atomic E-state index is 0.0174. The van der Waals surface area contributed by atoms with Crippen molar-refractivity contribution in [3.8, 4) is 0 Å². The van der Waals surface area contributed by atoms with Crippen LogP contribution in [0.15, 0.2) is 24.5 Å². The van der Waals surface area contributed by atoms with Crippen molar-refractivity contribution in [2.75, 3.05) is 19.8 Å². The highest BCUT2D eigenvalue weighted by Gasteiger charge is 2.37. The van der Waals surface area contributed by atoms with Gasteiger partial charge in [0.25, 0.3) is 0 Å². The van der Waals surface area contributed by atoms with Gasteiger partial charge in [0.2, 0.25) is 0 Å². The fraction of sp³-hybridized carbons (Fsp3) is 0.688. The molecule has 0 spiro atoms. The summed E-state index contributed by atoms with van der Waals surface area (Å²) in [5, 5.41) is 3.68. The van der Waals surface area contributed by atoms with Crippen LogP contribution < -0.4 is 5.32 Å². The first kappa shape index (κ1) is 14.0. The van der Waals surface area contributed by atoms with Gasteiger partial charge in [-0.25, -0.2) is 0 Å². The molecule has 1 unspecified atom stereocenters. The van der Waals surface area contributed by atoms with Gasteiger partial charge in [-0.05, 0) is 56.2 Å². The average Bonchev–Trinajstić information content (AvgIpc) is 2.48. The van der Waals surface area contributed by atoms with Gasteiger partial charge in [-0.2, -0.15) is 0 Å². The zero-order chi connectivity index (χ0) is 13.7. The van der Waals surface area contributed by atoms with Crippen molar-refractivity contribution < 1.29 is 9.47 Å². The van der Waals surface area contributed by atoms with E-state index >= 15 is 0 Å². The number of ether oxygens (including phenoxy) is 2. The maximum Gasteiger partial charge on any atom is 0.157 e. The van der Waals surface area contributed by atoms with Gasteiger partial charge < -0.3 is 14.8 Å². The van der Waals surface area contributed by atoms with Crippen LogP contribution in [0.5, 0.6) is 0 Å². The molecule has 110 valence electrons. The summed E-state index contributed by atoms with van der Waals surface area (Å²) in [5.41, 5.74) is 1.51. The lowest BCUT2D eigenvalue weighted by molar-refractivity contribution is -0.162. The summed E-state index contributed by atoms with van der Waals surface area (Å²) >= 11 is 0. The van der Waals surface area contributed by atoms with E-state index in [0.29, 0.717) is 0 Å². The Morgan fingerprint density at radius 1 is 1.25 bits per heavy atom. The summed E-state index contributed by atoms with van der Waals surface area (Å²) in [6.07, 6.45) is 10.9. The molecule has 1 saturated heterocycles. The first-order valence-corrected chi connectivity index (χ1v) is 7.78. The van der Waals surface area contributed by atoms with E-state index in [-0.39, 0.29) is 11.8 Å². The normalized spacial score (nSPS) is 25.1. The summed E-state index contributed by atoms with van der Waals surface area (Å²) in [7, 11) is 0. The smallest absolute Gasteiger partial charge is 0.157 e. The van der Waals surface area contributed by atoms with Crippen molar-refractivity contribution in [3.05, 3.63) is 30.1 Å². The second-order valence-corrected chi connectivity index (χ2v) is 5.77. The number of nitrogens with zero attached hydrogens (tertiary/aromatic N) is 1. The van der Waals surface area contributed by atoms with Gasteiger partial charge in [-0.1, -0.05) is 0 Å². The maximum atomic E-state index is 5.79. The molecule has 1 atom stereocenters. The lowest BCUT2D eigenvalue weighted by Crippen LogP contribution is -2.49. The van der Waals surface area contributed by atoms with E-state index in [4.69, 9.17) is 9.47 Å². The summed E-state index contributed by atoms with van der Waals surface area (Å²) in [6.45, 7) is 2.44. The third-order valence-corrected chi connectivity index (χ3v) is 4.45. The molecule has 0 bridgehead atoms. The van der Waals surface area contributed by atoms with Crippen LogP contribution in [-0.4, -0.2) is 31.0 Å². The molecule has 0 radical (unpaired) electrons. The van der Waals surface area contributed by atoms with Gasteiger partial charge in [0.05, 0.1) is 6.61 Å². The molecule has 1 aromatic heterocycles. The first-order chi connectivity index (χ1) is 9.89. The molecular weight excluding hydrogens is 252 g/mol. The molecule has 4 heteroatoms. The van der Waals surface area contributed by atoms with Crippen LogP contribution in [0.3, 0.4) is 0 Å². The maximum absolute atomic E-state index is 5.79. The molecule has 0 amide bonds. The van der Waals surface area contributed by atoms with E-state index in [0.717, 1.165) is 26.2 Å². The number of hydrogen-bond donors (Lipinski definition) is 1. The van der Waals surface area contributed by atoms with Crippen molar-refractivity contribution in [2.24, 2.45) is 0 Å². The third kappa shape index (κ3) is 3.19. The van der Waals surface area contributed by atoms with Crippen molar-refractivity contribution in [1.82, 2.24) is 10.3 Å². The summed E-state index contributed by atoms with van der Waals surface area (Å²) in [4.78, 5) is 4.11. The van der Waals surface area contributed by atoms with Gasteiger partial charge in [0.1, 0.15) is 0 Å². The second-order valence-electron chi connectivity index (χ2n) is 5.77. The predicted octanol–water partition coefficient (Wildman–Crippen LogP) is 2.59. The van der Waals surface area contributed by atoms with Crippen LogP contribution >= 0.6 is 0 Å². The fourth-order valence-electron chi connectivity index (χ4n) is 3.09. The summed E-state index contributed by atoms with van der Waals surface area (Å²) in [6, 6.07) is 4.24. The number of rotatable bonds is 6. The molecule has 4 nitrogen and oxygen atoms in total. The Hall–Kier alpha value is -0.970. The van der Waals surface area contributed by atoms with Crippen molar-refractivity contribution in [3.63, 3.8) is 0 Å². The standard InChI is InChI=1S/C16H24N2O2/c1-2-12-19-15(4-1)20-13-11-18-16(7-3-8-16)14-5-9-17-10-6-14/h5-6,9-10,15,18H,1-4,7-8,11-13H2. The number of hydrogen-bond acceptors (Lipinski definition) is 4. The Morgan fingerprint density at radius 3 is 2.75 bits per heavy atom. The molecule has 3 rings (SSSR count). The molecule has 1 aromatic rings. The monoisotopic (exact) mass is 276 g/mol. The zero-order valence-corrected chi connectivity index (χ0v) is 12.0. The summed E-state index contributed by atoms with van der Waals surface area (Å²) in [5.74, 6) is 0. The van der Waals surface area contributed by atoms with Crippen LogP contribution in [0.1, 0.15) is 44.1 Å². The fourth-order valence-corrected chi connectivity index (χ4v) is 3.09. The average molecular weight is 276 g/mol. The molecule has 1 aliphatic heterocycles. The zero-order valence-electron chi connectivity index (χ0n) is 12.0. The highest BCUT2D eigenvalue weighted by atomic mass is 16.7. The first-order valence-electron chi connectivity index (χ1n) is 7.78. The number of nitrogens with one attached hydrogen (secondary N) is 1. The SMILES string of the molecule is c1cc(C2(NCCOC3CCCCO3)CCC2)ccn1. The highest BCUT2D eigenvalue weighted by molar-refractivity contribution is 5.24. The van der Waals surface area contributed by atoms with Crippen LogP contribution in [0, 0.1) is 0 Å². The molecule has 1 aliphatic carbocycles. The molecule has 20 heavy (non-hydrogen) atoms. The predicted molar refractivity (Wildman–Crippen MR) is 77.3 cm³/mol. The largest absolute Gasteiger partial charge is 0.353 e. The van der Waals surface area contributed by atoms with E-state index in [1.54, 1.807) is 0 Å². The molecule has 2 heterocycles. The van der Waals surface area contributed by atoms with Crippen molar-refractivity contribution in [2.45, 2.75) is 50.4 Å². The second kappa shape index (κ2) is 6.66. The Kier molecular flexibility index (Phi) is 4.65. The van der Waals surface area contributed by atoms with Gasteiger partial charge >= 0.3 is 0 Å². The van der Waals surface area contributed by atoms with Gasteiger partial charge in [-0.15, -0.1) is 0 Å². The lowest BCUT2D eigenvalue weighted by atomic mass is 9.72. The Morgan fingerprint density at radius 2 is 2.10 bits per heavy atom. The van der Waals surface area contributed by atoms with Gasteiger partial charge in [-0.3, -0.25) is 4.98 Å². The third-order valence-electron chi connectivity index (χ3n) is 4.45. The van der Waals surface area contributed by atoms with Crippen LogP contribution in [-0.2, 0) is 15.0 Å². The van der Waals surface area contributed by atoms with Gasteiger partial charge in [0.15, 0.2) is 6.29 Å². The quantitative estimate of drug-likeness (QED) is 0.811. The lowest BCUT2D eigenvalue weighted by Gasteiger charge is -2.43. The topological polar surface area (TPSA) is 43.4 Å². The van der Waals surface area contributed by atoms with E-state index in [1.807, 2.05) is 12.4 Å². The molecule has 1 saturated carbocycles. The van der Waals surface area contributed by atoms with Crippen LogP contribution in [0.2, 0.25) is 0 Å². The van der Waals surface area contributed by atoms with Crippen molar-refractivity contribution in [1.29, 1.82) is 0 Å². The molecule has 0 aromatic carbocycles. The number of aromatic nitrogens is 1. The minimum Gasteiger partial charge on any atom is -0.353 e. The van der Waals surface area contributed by atoms with E-state index in [9.17, 15) is 0 Å². The minimum atomic E-state index is 0.0174. The Bertz CT molecular complexity index is 400. The van der Waals surface area contributed by atoms with E-state index in [1.165, 1.54) is 37.7 Å². The van der Waals surface area contributed by atoms with E-state index < -0.39 is 0 Å².